The van der Waals surface area contributed by atoms with Crippen molar-refractivity contribution in [3.8, 4) is 34.4 Å². The van der Waals surface area contributed by atoms with Crippen LogP contribution in [0.1, 0.15) is 0 Å². The van der Waals surface area contributed by atoms with Crippen LogP contribution in [0.5, 0.6) is 23.0 Å². The van der Waals surface area contributed by atoms with Crippen LogP contribution in [0.25, 0.3) is 11.4 Å². The van der Waals surface area contributed by atoms with Crippen molar-refractivity contribution in [2.24, 2.45) is 0 Å². The highest BCUT2D eigenvalue weighted by Gasteiger charge is 2.13. The van der Waals surface area contributed by atoms with Gasteiger partial charge >= 0.3 is 0 Å². The summed E-state index contributed by atoms with van der Waals surface area (Å²) in [7, 11) is 0. The third-order valence-corrected chi connectivity index (χ3v) is 8.96. The molecule has 0 radical (unpaired) electrons. The molecule has 0 bridgehead atoms. The summed E-state index contributed by atoms with van der Waals surface area (Å²) in [6.45, 7) is 0. The van der Waals surface area contributed by atoms with Crippen LogP contribution < -0.4 is 20.1 Å². The molecule has 14 nitrogen and oxygen atoms in total. The van der Waals surface area contributed by atoms with Crippen molar-refractivity contribution in [3.05, 3.63) is 133 Å². The number of nitrogens with zero attached hydrogens (tertiary/aromatic N) is 8. The SMILES string of the molecule is O=C(CSc1nnnn1-c1ccccc1)Nc1ccc(Oc2ccc(Oc3ccc(NC(=O)CSc4nnnn4-c4ccccc4)cc3)cc2)cc1. The third-order valence-electron chi connectivity index (χ3n) is 7.12. The first-order valence-electron chi connectivity index (χ1n) is 15.7. The fourth-order valence-corrected chi connectivity index (χ4v) is 6.10. The topological polar surface area (TPSA) is 164 Å². The van der Waals surface area contributed by atoms with E-state index in [4.69, 9.17) is 9.47 Å². The number of amides is 2. The lowest BCUT2D eigenvalue weighted by atomic mass is 10.3. The van der Waals surface area contributed by atoms with Gasteiger partial charge in [-0.25, -0.2) is 0 Å². The zero-order chi connectivity index (χ0) is 35.5. The number of tetrazole rings is 2. The Morgan fingerprint density at radius 2 is 0.846 bits per heavy atom. The van der Waals surface area contributed by atoms with Crippen LogP contribution in [0.15, 0.2) is 144 Å². The lowest BCUT2D eigenvalue weighted by Gasteiger charge is -2.10. The fraction of sp³-hybridized carbons (Fsp3) is 0.0556. The highest BCUT2D eigenvalue weighted by Crippen LogP contribution is 2.29. The van der Waals surface area contributed by atoms with Gasteiger partial charge in [-0.15, -0.1) is 10.2 Å². The summed E-state index contributed by atoms with van der Waals surface area (Å²) in [5, 5.41) is 30.3. The Bertz CT molecular complexity index is 2070. The number of benzene rings is 5. The van der Waals surface area contributed by atoms with Gasteiger partial charge in [-0.05, 0) is 118 Å². The van der Waals surface area contributed by atoms with Crippen LogP contribution in [-0.4, -0.2) is 63.7 Å². The molecule has 0 saturated carbocycles. The molecule has 0 saturated heterocycles. The first-order chi connectivity index (χ1) is 25.6. The highest BCUT2D eigenvalue weighted by molar-refractivity contribution is 8.00. The monoisotopic (exact) mass is 728 g/mol. The van der Waals surface area contributed by atoms with Gasteiger partial charge in [0.25, 0.3) is 0 Å². The van der Waals surface area contributed by atoms with E-state index in [1.54, 1.807) is 82.2 Å². The van der Waals surface area contributed by atoms with Gasteiger partial charge in [-0.1, -0.05) is 59.9 Å². The second kappa shape index (κ2) is 16.5. The number of hydrogen-bond donors (Lipinski definition) is 2. The van der Waals surface area contributed by atoms with E-state index in [-0.39, 0.29) is 23.3 Å². The summed E-state index contributed by atoms with van der Waals surface area (Å²) >= 11 is 2.49. The van der Waals surface area contributed by atoms with Crippen LogP contribution in [-0.2, 0) is 9.59 Å². The van der Waals surface area contributed by atoms with Crippen LogP contribution in [0.2, 0.25) is 0 Å². The van der Waals surface area contributed by atoms with E-state index >= 15 is 0 Å². The minimum atomic E-state index is -0.189. The Balaban J connectivity index is 0.844. The standard InChI is InChI=1S/C36H28N10O4S2/c47-33(23-51-35-39-41-43-45(35)27-7-3-1-4-8-27)37-25-11-15-29(16-12-25)49-31-19-21-32(22-20-31)50-30-17-13-26(14-18-30)38-34(48)24-52-36-40-42-44-46(36)28-9-5-2-6-10-28/h1-22H,23-24H2,(H,37,47)(H,38,48). The van der Waals surface area contributed by atoms with E-state index in [2.05, 4.69) is 41.7 Å². The normalized spacial score (nSPS) is 10.8. The van der Waals surface area contributed by atoms with Gasteiger partial charge in [0.05, 0.1) is 22.9 Å². The quantitative estimate of drug-likeness (QED) is 0.114. The number of ether oxygens (including phenoxy) is 2. The van der Waals surface area contributed by atoms with Gasteiger partial charge in [-0.3, -0.25) is 9.59 Å². The van der Waals surface area contributed by atoms with Crippen molar-refractivity contribution < 1.29 is 19.1 Å². The van der Waals surface area contributed by atoms with Crippen molar-refractivity contribution in [2.75, 3.05) is 22.1 Å². The molecule has 0 atom stereocenters. The number of nitrogens with one attached hydrogen (secondary N) is 2. The molecular weight excluding hydrogens is 701 g/mol. The second-order valence-corrected chi connectivity index (χ2v) is 12.7. The van der Waals surface area contributed by atoms with Crippen LogP contribution >= 0.6 is 23.5 Å². The Morgan fingerprint density at radius 3 is 1.21 bits per heavy atom. The van der Waals surface area contributed by atoms with E-state index in [0.29, 0.717) is 44.7 Å². The average molecular weight is 729 g/mol. The van der Waals surface area contributed by atoms with Gasteiger partial charge in [0.2, 0.25) is 22.1 Å². The minimum absolute atomic E-state index is 0.139. The van der Waals surface area contributed by atoms with E-state index < -0.39 is 0 Å². The smallest absolute Gasteiger partial charge is 0.234 e. The van der Waals surface area contributed by atoms with Gasteiger partial charge < -0.3 is 20.1 Å². The maximum Gasteiger partial charge on any atom is 0.234 e. The zero-order valence-electron chi connectivity index (χ0n) is 27.1. The molecule has 16 heteroatoms. The van der Waals surface area contributed by atoms with E-state index in [0.717, 1.165) is 11.4 Å². The number of para-hydroxylation sites is 2. The molecule has 5 aromatic carbocycles. The molecular formula is C36H28N10O4S2. The predicted octanol–water partition coefficient (Wildman–Crippen LogP) is 6.68. The molecule has 2 aromatic heterocycles. The third kappa shape index (κ3) is 8.98. The number of carbonyl (C=O) groups is 2. The van der Waals surface area contributed by atoms with Gasteiger partial charge in [0, 0.05) is 11.4 Å². The molecule has 0 aliphatic carbocycles. The number of aromatic nitrogens is 8. The highest BCUT2D eigenvalue weighted by atomic mass is 32.2. The number of anilines is 2. The molecule has 7 aromatic rings. The summed E-state index contributed by atoms with van der Waals surface area (Å²) in [5.41, 5.74) is 2.90. The zero-order valence-corrected chi connectivity index (χ0v) is 28.8. The maximum absolute atomic E-state index is 12.6. The minimum Gasteiger partial charge on any atom is -0.457 e. The van der Waals surface area contributed by atoms with E-state index in [9.17, 15) is 9.59 Å². The molecule has 0 spiro atoms. The van der Waals surface area contributed by atoms with Crippen LogP contribution in [0.3, 0.4) is 0 Å². The summed E-state index contributed by atoms with van der Waals surface area (Å²) in [6, 6.07) is 40.3. The van der Waals surface area contributed by atoms with Crippen LogP contribution in [0.4, 0.5) is 11.4 Å². The lowest BCUT2D eigenvalue weighted by molar-refractivity contribution is -0.114. The number of hydrogen-bond acceptors (Lipinski definition) is 12. The Hall–Kier alpha value is -6.52. The van der Waals surface area contributed by atoms with Gasteiger partial charge in [0.15, 0.2) is 0 Å². The first kappa shape index (κ1) is 34.0. The molecule has 2 amide bonds. The summed E-state index contributed by atoms with van der Waals surface area (Å²) in [6.07, 6.45) is 0. The molecule has 0 unspecified atom stereocenters. The van der Waals surface area contributed by atoms with Crippen molar-refractivity contribution >= 4 is 46.7 Å². The van der Waals surface area contributed by atoms with Gasteiger partial charge in [-0.2, -0.15) is 9.36 Å². The fourth-order valence-electron chi connectivity index (χ4n) is 4.72. The molecule has 7 rings (SSSR count). The van der Waals surface area contributed by atoms with Crippen molar-refractivity contribution in [1.29, 1.82) is 0 Å². The maximum atomic E-state index is 12.6. The summed E-state index contributed by atoms with van der Waals surface area (Å²) < 4.78 is 15.1. The molecule has 0 fully saturated rings. The van der Waals surface area contributed by atoms with Gasteiger partial charge in [0.1, 0.15) is 23.0 Å². The second-order valence-electron chi connectivity index (χ2n) is 10.8. The number of thioether (sulfide) groups is 2. The first-order valence-corrected chi connectivity index (χ1v) is 17.7. The van der Waals surface area contributed by atoms with Crippen molar-refractivity contribution in [3.63, 3.8) is 0 Å². The Morgan fingerprint density at radius 1 is 0.500 bits per heavy atom. The largest absolute Gasteiger partial charge is 0.457 e. The molecule has 0 aliphatic heterocycles. The molecule has 0 aliphatic rings. The molecule has 258 valence electrons. The Kier molecular flexibility index (Phi) is 10.7. The molecule has 2 N–H and O–H groups in total. The van der Waals surface area contributed by atoms with E-state index in [1.807, 2.05) is 60.7 Å². The number of rotatable bonds is 14. The summed E-state index contributed by atoms with van der Waals surface area (Å²) in [5.74, 6) is 2.34. The van der Waals surface area contributed by atoms with Crippen molar-refractivity contribution in [1.82, 2.24) is 40.4 Å². The summed E-state index contributed by atoms with van der Waals surface area (Å²) in [4.78, 5) is 25.2. The van der Waals surface area contributed by atoms with Crippen molar-refractivity contribution in [2.45, 2.75) is 10.3 Å². The molecule has 2 heterocycles. The molecule has 52 heavy (non-hydrogen) atoms. The van der Waals surface area contributed by atoms with Crippen LogP contribution in [0, 0.1) is 0 Å². The predicted molar refractivity (Wildman–Crippen MR) is 196 cm³/mol. The lowest BCUT2D eigenvalue weighted by Crippen LogP contribution is -2.14. The van der Waals surface area contributed by atoms with E-state index in [1.165, 1.54) is 23.5 Å². The Labute approximate surface area is 305 Å². The number of carbonyl (C=O) groups excluding carboxylic acids is 2. The average Bonchev–Trinajstić information content (AvgIpc) is 3.86.